The van der Waals surface area contributed by atoms with Gasteiger partial charge < -0.3 is 15.1 Å². The molecule has 20 heavy (non-hydrogen) atoms. The van der Waals surface area contributed by atoms with E-state index in [0.29, 0.717) is 28.3 Å². The molecule has 0 radical (unpaired) electrons. The summed E-state index contributed by atoms with van der Waals surface area (Å²) in [6.07, 6.45) is 5.16. The first-order valence-corrected chi connectivity index (χ1v) is 7.16. The van der Waals surface area contributed by atoms with E-state index in [2.05, 4.69) is 15.6 Å². The Morgan fingerprint density at radius 3 is 3.15 bits per heavy atom. The highest BCUT2D eigenvalue weighted by Crippen LogP contribution is 2.32. The molecule has 0 aromatic carbocycles. The molecule has 4 rings (SSSR count). The topological polar surface area (TPSA) is 67.2 Å². The van der Waals surface area contributed by atoms with Crippen LogP contribution in [0.15, 0.2) is 22.9 Å². The van der Waals surface area contributed by atoms with Crippen molar-refractivity contribution in [2.24, 2.45) is 5.92 Å². The van der Waals surface area contributed by atoms with E-state index in [1.807, 2.05) is 0 Å². The van der Waals surface area contributed by atoms with Crippen LogP contribution in [0, 0.1) is 5.92 Å². The second-order valence-corrected chi connectivity index (χ2v) is 5.94. The number of hydrogen-bond acceptors (Lipinski definition) is 4. The summed E-state index contributed by atoms with van der Waals surface area (Å²) in [5.74, 6) is 0.350. The lowest BCUT2D eigenvalue weighted by atomic mass is 10.0. The summed E-state index contributed by atoms with van der Waals surface area (Å²) in [7, 11) is 0. The largest absolute Gasteiger partial charge is 0.460 e. The third-order valence-corrected chi connectivity index (χ3v) is 4.63. The van der Waals surface area contributed by atoms with Crippen molar-refractivity contribution in [3.05, 3.63) is 29.2 Å². The normalized spacial score (nSPS) is 28.1. The first-order chi connectivity index (χ1) is 9.72. The van der Waals surface area contributed by atoms with Gasteiger partial charge >= 0.3 is 0 Å². The Labute approximate surface area is 120 Å². The summed E-state index contributed by atoms with van der Waals surface area (Å²) in [5, 5.41) is 7.74. The molecule has 1 amide bonds. The van der Waals surface area contributed by atoms with Crippen LogP contribution < -0.4 is 10.6 Å². The van der Waals surface area contributed by atoms with Crippen LogP contribution >= 0.6 is 11.6 Å². The summed E-state index contributed by atoms with van der Waals surface area (Å²) in [4.78, 5) is 16.5. The SMILES string of the molecule is O=C(NC1CC2CC1CN2)c1nccc2c(Cl)coc12. The molecule has 2 bridgehead atoms. The van der Waals surface area contributed by atoms with E-state index >= 15 is 0 Å². The van der Waals surface area contributed by atoms with Gasteiger partial charge in [-0.25, -0.2) is 4.98 Å². The smallest absolute Gasteiger partial charge is 0.274 e. The fourth-order valence-corrected chi connectivity index (χ4v) is 3.53. The van der Waals surface area contributed by atoms with Gasteiger partial charge in [-0.05, 0) is 24.8 Å². The van der Waals surface area contributed by atoms with Gasteiger partial charge in [-0.15, -0.1) is 0 Å². The van der Waals surface area contributed by atoms with Crippen LogP contribution in [0.3, 0.4) is 0 Å². The van der Waals surface area contributed by atoms with Gasteiger partial charge in [0.1, 0.15) is 6.26 Å². The van der Waals surface area contributed by atoms with Crippen molar-refractivity contribution in [3.63, 3.8) is 0 Å². The lowest BCUT2D eigenvalue weighted by molar-refractivity contribution is 0.0921. The van der Waals surface area contributed by atoms with Gasteiger partial charge in [0, 0.05) is 30.2 Å². The highest BCUT2D eigenvalue weighted by molar-refractivity contribution is 6.35. The molecule has 3 heterocycles. The zero-order valence-corrected chi connectivity index (χ0v) is 11.5. The molecule has 2 N–H and O–H groups in total. The fourth-order valence-electron chi connectivity index (χ4n) is 3.34. The molecule has 1 saturated carbocycles. The van der Waals surface area contributed by atoms with Crippen LogP contribution in [0.4, 0.5) is 0 Å². The van der Waals surface area contributed by atoms with E-state index in [-0.39, 0.29) is 11.9 Å². The zero-order valence-electron chi connectivity index (χ0n) is 10.7. The minimum Gasteiger partial charge on any atom is -0.460 e. The van der Waals surface area contributed by atoms with Gasteiger partial charge in [-0.1, -0.05) is 11.6 Å². The lowest BCUT2D eigenvalue weighted by Gasteiger charge is -2.23. The van der Waals surface area contributed by atoms with E-state index < -0.39 is 0 Å². The molecule has 3 atom stereocenters. The first-order valence-electron chi connectivity index (χ1n) is 6.78. The Balaban J connectivity index is 1.61. The maximum atomic E-state index is 12.4. The van der Waals surface area contributed by atoms with E-state index in [0.717, 1.165) is 24.8 Å². The number of hydrogen-bond donors (Lipinski definition) is 2. The lowest BCUT2D eigenvalue weighted by Crippen LogP contribution is -2.44. The quantitative estimate of drug-likeness (QED) is 0.888. The summed E-state index contributed by atoms with van der Waals surface area (Å²) in [6.45, 7) is 0.986. The number of carbonyl (C=O) groups is 1. The second-order valence-electron chi connectivity index (χ2n) is 5.54. The van der Waals surface area contributed by atoms with Crippen molar-refractivity contribution in [2.45, 2.75) is 24.9 Å². The van der Waals surface area contributed by atoms with E-state index in [4.69, 9.17) is 16.0 Å². The molecule has 3 unspecified atom stereocenters. The second kappa shape index (κ2) is 4.46. The Bertz CT molecular complexity index is 684. The molecule has 104 valence electrons. The van der Waals surface area contributed by atoms with Crippen LogP contribution in [0.2, 0.25) is 5.02 Å². The number of nitrogens with zero attached hydrogens (tertiary/aromatic N) is 1. The molecular formula is C14H14ClN3O2. The van der Waals surface area contributed by atoms with Crippen molar-refractivity contribution in [3.8, 4) is 0 Å². The van der Waals surface area contributed by atoms with Gasteiger partial charge in [-0.2, -0.15) is 0 Å². The highest BCUT2D eigenvalue weighted by Gasteiger charge is 2.40. The number of fused-ring (bicyclic) bond motifs is 3. The number of rotatable bonds is 2. The van der Waals surface area contributed by atoms with Gasteiger partial charge in [0.25, 0.3) is 5.91 Å². The van der Waals surface area contributed by atoms with Crippen molar-refractivity contribution >= 4 is 28.5 Å². The molecule has 2 aliphatic rings. The molecule has 1 aliphatic heterocycles. The molecule has 6 heteroatoms. The van der Waals surface area contributed by atoms with Gasteiger partial charge in [0.2, 0.25) is 0 Å². The summed E-state index contributed by atoms with van der Waals surface area (Å²) >= 11 is 6.01. The van der Waals surface area contributed by atoms with E-state index in [1.54, 1.807) is 12.3 Å². The monoisotopic (exact) mass is 291 g/mol. The number of nitrogens with one attached hydrogen (secondary N) is 2. The minimum absolute atomic E-state index is 0.181. The van der Waals surface area contributed by atoms with Crippen molar-refractivity contribution in [1.82, 2.24) is 15.6 Å². The first kappa shape index (κ1) is 12.2. The molecular weight excluding hydrogens is 278 g/mol. The zero-order chi connectivity index (χ0) is 13.7. The predicted octanol–water partition coefficient (Wildman–Crippen LogP) is 1.96. The Morgan fingerprint density at radius 1 is 1.50 bits per heavy atom. The Morgan fingerprint density at radius 2 is 2.40 bits per heavy atom. The molecule has 0 spiro atoms. The Kier molecular flexibility index (Phi) is 2.72. The average molecular weight is 292 g/mol. The van der Waals surface area contributed by atoms with Crippen LogP contribution in [0.1, 0.15) is 23.3 Å². The van der Waals surface area contributed by atoms with Crippen molar-refractivity contribution in [2.75, 3.05) is 6.54 Å². The maximum absolute atomic E-state index is 12.4. The number of furan rings is 1. The number of carbonyl (C=O) groups excluding carboxylic acids is 1. The fraction of sp³-hybridized carbons (Fsp3) is 0.429. The molecule has 2 aromatic rings. The van der Waals surface area contributed by atoms with E-state index in [1.165, 1.54) is 6.26 Å². The third-order valence-electron chi connectivity index (χ3n) is 4.34. The number of piperidine rings is 1. The summed E-state index contributed by atoms with van der Waals surface area (Å²) < 4.78 is 5.36. The van der Waals surface area contributed by atoms with Crippen LogP contribution in [0.5, 0.6) is 0 Å². The van der Waals surface area contributed by atoms with Crippen LogP contribution in [0.25, 0.3) is 11.0 Å². The van der Waals surface area contributed by atoms with Crippen LogP contribution in [-0.2, 0) is 0 Å². The number of pyridine rings is 1. The Hall–Kier alpha value is -1.59. The minimum atomic E-state index is -0.181. The summed E-state index contributed by atoms with van der Waals surface area (Å²) in [5.41, 5.74) is 0.765. The van der Waals surface area contributed by atoms with E-state index in [9.17, 15) is 4.79 Å². The molecule has 5 nitrogen and oxygen atoms in total. The molecule has 1 aliphatic carbocycles. The molecule has 2 fully saturated rings. The van der Waals surface area contributed by atoms with Crippen molar-refractivity contribution < 1.29 is 9.21 Å². The predicted molar refractivity (Wildman–Crippen MR) is 74.8 cm³/mol. The standard InChI is InChI=1S/C14H14ClN3O2/c15-10-6-20-13-9(10)1-2-16-12(13)14(19)18-11-4-8-3-7(11)5-17-8/h1-2,6-8,11,17H,3-5H2,(H,18,19). The van der Waals surface area contributed by atoms with Crippen molar-refractivity contribution in [1.29, 1.82) is 0 Å². The third kappa shape index (κ3) is 1.81. The van der Waals surface area contributed by atoms with Crippen LogP contribution in [-0.4, -0.2) is 29.5 Å². The molecule has 2 aromatic heterocycles. The van der Waals surface area contributed by atoms with Gasteiger partial charge in [-0.3, -0.25) is 4.79 Å². The highest BCUT2D eigenvalue weighted by atomic mass is 35.5. The number of amides is 1. The average Bonchev–Trinajstić information content (AvgIpc) is 3.14. The number of aromatic nitrogens is 1. The number of halogens is 1. The van der Waals surface area contributed by atoms with Gasteiger partial charge in [0.15, 0.2) is 11.3 Å². The van der Waals surface area contributed by atoms with Gasteiger partial charge in [0.05, 0.1) is 5.02 Å². The maximum Gasteiger partial charge on any atom is 0.274 e. The summed E-state index contributed by atoms with van der Waals surface area (Å²) in [6, 6.07) is 2.53. The molecule has 1 saturated heterocycles.